The van der Waals surface area contributed by atoms with Crippen LogP contribution in [0.5, 0.6) is 5.75 Å². The van der Waals surface area contributed by atoms with Crippen molar-refractivity contribution in [1.29, 1.82) is 0 Å². The number of aliphatic imine (C=N–C) groups is 1. The maximum atomic E-state index is 12.2. The first-order valence-electron chi connectivity index (χ1n) is 13.2. The van der Waals surface area contributed by atoms with E-state index in [1.165, 1.54) is 11.7 Å². The lowest BCUT2D eigenvalue weighted by Gasteiger charge is -2.22. The van der Waals surface area contributed by atoms with E-state index < -0.39 is 11.3 Å². The predicted octanol–water partition coefficient (Wildman–Crippen LogP) is 4.69. The second kappa shape index (κ2) is 12.3. The number of fused-ring (bicyclic) bond motifs is 1. The van der Waals surface area contributed by atoms with Gasteiger partial charge >= 0.3 is 0 Å². The molecule has 5 rings (SSSR count). The Morgan fingerprint density at radius 3 is 2.50 bits per heavy atom. The van der Waals surface area contributed by atoms with Crippen molar-refractivity contribution in [2.45, 2.75) is 20.8 Å². The molecule has 1 aliphatic rings. The molecular weight excluding hydrogens is 556 g/mol. The summed E-state index contributed by atoms with van der Waals surface area (Å²) in [5.41, 5.74) is 4.89. The Hall–Kier alpha value is -4.88. The standard InChI is InChI=1S/C29H30N8O4S/c1-5-36(6-2)21-15-16-23(24(17-21)30-18(3)38)31-27-26(22-9-7-8-10-25(22)41-4)33-37-29(27)32-28(34-37)19-11-13-20(14-12-19)35-42(39)40/h7-17,35H,5-6H2,1-4H3,(H,30,38)(H,39,40). The average molecular weight is 587 g/mol. The first-order valence-corrected chi connectivity index (χ1v) is 14.3. The van der Waals surface area contributed by atoms with Crippen molar-refractivity contribution in [2.75, 3.05) is 35.1 Å². The Bertz CT molecular complexity index is 1710. The highest BCUT2D eigenvalue weighted by Gasteiger charge is 2.31. The van der Waals surface area contributed by atoms with Gasteiger partial charge in [0.1, 0.15) is 17.2 Å². The van der Waals surface area contributed by atoms with Crippen molar-refractivity contribution in [2.24, 2.45) is 10.1 Å². The summed E-state index contributed by atoms with van der Waals surface area (Å²) in [5, 5.41) is 12.3. The largest absolute Gasteiger partial charge is 0.496 e. The van der Waals surface area contributed by atoms with Crippen LogP contribution in [0.1, 0.15) is 32.2 Å². The SMILES string of the molecule is CCN(CC)c1ccc(N=C2C(c3ccccc3OC)=Nn3nc(-c4ccc(NS(=O)O)cc4)nc32)c(NC(C)=O)c1. The Morgan fingerprint density at radius 2 is 1.83 bits per heavy atom. The molecule has 0 saturated carbocycles. The molecule has 0 spiro atoms. The first-order chi connectivity index (χ1) is 20.3. The Labute approximate surface area is 245 Å². The van der Waals surface area contributed by atoms with E-state index in [4.69, 9.17) is 24.4 Å². The van der Waals surface area contributed by atoms with E-state index in [-0.39, 0.29) is 5.91 Å². The molecule has 13 heteroatoms. The maximum Gasteiger partial charge on any atom is 0.259 e. The Balaban J connectivity index is 1.64. The number of methoxy groups -OCH3 is 1. The topological polar surface area (TPSA) is 146 Å². The normalized spacial score (nSPS) is 13.8. The molecule has 0 fully saturated rings. The van der Waals surface area contributed by atoms with E-state index in [0.29, 0.717) is 57.0 Å². The quantitative estimate of drug-likeness (QED) is 0.228. The summed E-state index contributed by atoms with van der Waals surface area (Å²) < 4.78 is 28.2. The second-order valence-corrected chi connectivity index (χ2v) is 9.94. The van der Waals surface area contributed by atoms with Crippen molar-refractivity contribution >= 4 is 51.3 Å². The summed E-state index contributed by atoms with van der Waals surface area (Å²) in [4.78, 5) is 25.5. The number of rotatable bonds is 10. The molecule has 0 aliphatic carbocycles. The molecule has 3 N–H and O–H groups in total. The molecule has 1 aromatic heterocycles. The zero-order valence-electron chi connectivity index (χ0n) is 23.5. The number of aromatic nitrogens is 3. The van der Waals surface area contributed by atoms with Gasteiger partial charge in [-0.1, -0.05) is 12.1 Å². The van der Waals surface area contributed by atoms with E-state index in [1.54, 1.807) is 31.4 Å². The van der Waals surface area contributed by atoms with Crippen LogP contribution in [0, 0.1) is 0 Å². The third kappa shape index (κ3) is 5.92. The van der Waals surface area contributed by atoms with Gasteiger partial charge in [-0.15, -0.1) is 15.0 Å². The van der Waals surface area contributed by atoms with Gasteiger partial charge in [0.15, 0.2) is 5.82 Å². The van der Waals surface area contributed by atoms with Crippen LogP contribution in [0.3, 0.4) is 0 Å². The summed E-state index contributed by atoms with van der Waals surface area (Å²) >= 11 is -2.18. The summed E-state index contributed by atoms with van der Waals surface area (Å²) in [6.07, 6.45) is 0. The van der Waals surface area contributed by atoms with Crippen LogP contribution >= 0.6 is 0 Å². The van der Waals surface area contributed by atoms with Crippen LogP contribution in [0.2, 0.25) is 0 Å². The molecule has 42 heavy (non-hydrogen) atoms. The van der Waals surface area contributed by atoms with Crippen molar-refractivity contribution in [1.82, 2.24) is 14.9 Å². The zero-order chi connectivity index (χ0) is 29.8. The number of nitrogens with one attached hydrogen (secondary N) is 2. The predicted molar refractivity (Wildman–Crippen MR) is 165 cm³/mol. The number of carbonyl (C=O) groups excluding carboxylic acids is 1. The number of amides is 1. The van der Waals surface area contributed by atoms with E-state index in [2.05, 4.69) is 33.9 Å². The van der Waals surface area contributed by atoms with Crippen LogP contribution in [0.4, 0.5) is 22.7 Å². The van der Waals surface area contributed by atoms with E-state index in [1.807, 2.05) is 42.5 Å². The minimum absolute atomic E-state index is 0.216. The fraction of sp³-hybridized carbons (Fsp3) is 0.207. The number of benzene rings is 3. The lowest BCUT2D eigenvalue weighted by Crippen LogP contribution is -2.22. The Kier molecular flexibility index (Phi) is 8.41. The summed E-state index contributed by atoms with van der Waals surface area (Å²) in [7, 11) is 1.59. The highest BCUT2D eigenvalue weighted by atomic mass is 32.2. The minimum Gasteiger partial charge on any atom is -0.496 e. The molecule has 0 bridgehead atoms. The number of hydrogen-bond acceptors (Lipinski definition) is 8. The molecule has 1 atom stereocenters. The summed E-state index contributed by atoms with van der Waals surface area (Å²) in [6.45, 7) is 7.24. The van der Waals surface area contributed by atoms with Crippen LogP contribution in [0.25, 0.3) is 11.4 Å². The van der Waals surface area contributed by atoms with E-state index in [0.717, 1.165) is 18.8 Å². The summed E-state index contributed by atoms with van der Waals surface area (Å²) in [5.74, 6) is 1.20. The van der Waals surface area contributed by atoms with Crippen molar-refractivity contribution in [3.05, 3.63) is 78.1 Å². The van der Waals surface area contributed by atoms with Crippen molar-refractivity contribution < 1.29 is 18.3 Å². The van der Waals surface area contributed by atoms with Gasteiger partial charge in [-0.25, -0.2) is 14.2 Å². The smallest absolute Gasteiger partial charge is 0.259 e. The van der Waals surface area contributed by atoms with Crippen LogP contribution in [0.15, 0.2) is 76.8 Å². The minimum atomic E-state index is -2.18. The molecule has 0 saturated heterocycles. The molecular formula is C29H30N8O4S. The third-order valence-electron chi connectivity index (χ3n) is 6.58. The molecule has 2 heterocycles. The number of para-hydroxylation sites is 1. The highest BCUT2D eigenvalue weighted by molar-refractivity contribution is 7.80. The number of nitrogens with zero attached hydrogens (tertiary/aromatic N) is 6. The zero-order valence-corrected chi connectivity index (χ0v) is 24.3. The molecule has 1 aliphatic heterocycles. The van der Waals surface area contributed by atoms with Gasteiger partial charge in [-0.05, 0) is 68.4 Å². The highest BCUT2D eigenvalue weighted by Crippen LogP contribution is 2.33. The average Bonchev–Trinajstić information content (AvgIpc) is 3.53. The van der Waals surface area contributed by atoms with Crippen molar-refractivity contribution in [3.8, 4) is 17.1 Å². The van der Waals surface area contributed by atoms with E-state index in [9.17, 15) is 9.00 Å². The second-order valence-electron chi connectivity index (χ2n) is 9.24. The molecule has 216 valence electrons. The van der Waals surface area contributed by atoms with Crippen molar-refractivity contribution in [3.63, 3.8) is 0 Å². The number of ether oxygens (including phenoxy) is 1. The monoisotopic (exact) mass is 586 g/mol. The molecule has 1 amide bonds. The number of anilines is 3. The van der Waals surface area contributed by atoms with Crippen LogP contribution < -0.4 is 19.7 Å². The van der Waals surface area contributed by atoms with Crippen LogP contribution in [-0.4, -0.2) is 61.2 Å². The van der Waals surface area contributed by atoms with Gasteiger partial charge in [0.25, 0.3) is 11.3 Å². The lowest BCUT2D eigenvalue weighted by molar-refractivity contribution is -0.114. The summed E-state index contributed by atoms with van der Waals surface area (Å²) in [6, 6.07) is 20.0. The fourth-order valence-electron chi connectivity index (χ4n) is 4.62. The molecule has 1 unspecified atom stereocenters. The van der Waals surface area contributed by atoms with Gasteiger partial charge in [-0.3, -0.25) is 14.1 Å². The third-order valence-corrected chi connectivity index (χ3v) is 6.99. The fourth-order valence-corrected chi connectivity index (χ4v) is 4.96. The van der Waals surface area contributed by atoms with E-state index >= 15 is 0 Å². The molecule has 12 nitrogen and oxygen atoms in total. The van der Waals surface area contributed by atoms with Gasteiger partial charge in [0.05, 0.1) is 18.5 Å². The van der Waals surface area contributed by atoms with Crippen LogP contribution in [-0.2, 0) is 16.1 Å². The number of hydrogen-bond donors (Lipinski definition) is 3. The lowest BCUT2D eigenvalue weighted by atomic mass is 10.0. The van der Waals surface area contributed by atoms with Gasteiger partial charge in [0, 0.05) is 42.5 Å². The number of carbonyl (C=O) groups is 1. The first kappa shape index (κ1) is 28.6. The molecule has 4 aromatic rings. The Morgan fingerprint density at radius 1 is 1.10 bits per heavy atom. The molecule has 3 aromatic carbocycles. The van der Waals surface area contributed by atoms with Gasteiger partial charge < -0.3 is 15.0 Å². The maximum absolute atomic E-state index is 12.2. The van der Waals surface area contributed by atoms with Gasteiger partial charge in [-0.2, -0.15) is 0 Å². The molecule has 0 radical (unpaired) electrons. The van der Waals surface area contributed by atoms with Gasteiger partial charge in [0.2, 0.25) is 11.7 Å².